The van der Waals surface area contributed by atoms with Gasteiger partial charge >= 0.3 is 0 Å². The van der Waals surface area contributed by atoms with Crippen LogP contribution in [0.5, 0.6) is 0 Å². The van der Waals surface area contributed by atoms with Crippen molar-refractivity contribution < 1.29 is 39.2 Å². The van der Waals surface area contributed by atoms with Crippen molar-refractivity contribution in [1.82, 2.24) is 10.6 Å². The van der Waals surface area contributed by atoms with E-state index < -0.39 is 40.8 Å². The molecule has 2 bridgehead atoms. The minimum absolute atomic E-state index is 0.0320. The second-order valence-corrected chi connectivity index (χ2v) is 7.41. The predicted octanol–water partition coefficient (Wildman–Crippen LogP) is -1.67. The third-order valence-corrected chi connectivity index (χ3v) is 4.92. The van der Waals surface area contributed by atoms with Gasteiger partial charge in [-0.25, -0.2) is 0 Å². The predicted molar refractivity (Wildman–Crippen MR) is 88.4 cm³/mol. The molecule has 0 saturated carbocycles. The van der Waals surface area contributed by atoms with Crippen molar-refractivity contribution in [2.45, 2.75) is 56.1 Å². The van der Waals surface area contributed by atoms with E-state index in [2.05, 4.69) is 15.8 Å². The summed E-state index contributed by atoms with van der Waals surface area (Å²) in [4.78, 5) is 25.5. The topological polar surface area (TPSA) is 159 Å². The van der Waals surface area contributed by atoms with Crippen LogP contribution in [0.15, 0.2) is 16.8 Å². The second kappa shape index (κ2) is 6.24. The molecule has 4 fully saturated rings. The zero-order valence-electron chi connectivity index (χ0n) is 15.2. The molecule has 0 aromatic carbocycles. The van der Waals surface area contributed by atoms with Gasteiger partial charge in [0.1, 0.15) is 11.7 Å². The number of hydrogen-bond donors (Lipinski definition) is 5. The zero-order valence-corrected chi connectivity index (χ0v) is 15.2. The normalized spacial score (nSPS) is 41.3. The Morgan fingerprint density at radius 2 is 1.89 bits per heavy atom. The number of oxime groups is 1. The lowest BCUT2D eigenvalue weighted by atomic mass is 9.84. The van der Waals surface area contributed by atoms with Crippen LogP contribution in [0.1, 0.15) is 27.2 Å². The summed E-state index contributed by atoms with van der Waals surface area (Å²) in [5.74, 6) is -2.94. The maximum atomic E-state index is 12.8. The number of carbonyl (C=O) groups excluding carboxylic acids is 2. The van der Waals surface area contributed by atoms with Gasteiger partial charge < -0.3 is 40.3 Å². The van der Waals surface area contributed by atoms with Crippen molar-refractivity contribution in [3.05, 3.63) is 11.6 Å². The van der Waals surface area contributed by atoms with Crippen LogP contribution in [0.25, 0.3) is 0 Å². The molecule has 0 aliphatic carbocycles. The summed E-state index contributed by atoms with van der Waals surface area (Å²) < 4.78 is 16.9. The quantitative estimate of drug-likeness (QED) is 0.219. The fourth-order valence-electron chi connectivity index (χ4n) is 3.56. The number of aliphatic hydroxyl groups excluding tert-OH is 1. The number of amides is 2. The van der Waals surface area contributed by atoms with Gasteiger partial charge in [-0.3, -0.25) is 9.59 Å². The van der Waals surface area contributed by atoms with Gasteiger partial charge in [-0.1, -0.05) is 5.16 Å². The maximum absolute atomic E-state index is 12.8. The zero-order chi connectivity index (χ0) is 20.1. The Morgan fingerprint density at radius 3 is 2.48 bits per heavy atom. The summed E-state index contributed by atoms with van der Waals surface area (Å²) >= 11 is 0. The van der Waals surface area contributed by atoms with Crippen LogP contribution in [-0.2, 0) is 23.8 Å². The Hall–Kier alpha value is -2.05. The first-order valence-electron chi connectivity index (χ1n) is 8.40. The van der Waals surface area contributed by atoms with Gasteiger partial charge in [-0.15, -0.1) is 0 Å². The molecule has 4 aliphatic rings. The van der Waals surface area contributed by atoms with Gasteiger partial charge in [0, 0.05) is 0 Å². The second-order valence-electron chi connectivity index (χ2n) is 7.41. The van der Waals surface area contributed by atoms with Crippen LogP contribution in [0.3, 0.4) is 0 Å². The van der Waals surface area contributed by atoms with Crippen molar-refractivity contribution in [2.24, 2.45) is 5.16 Å². The SMILES string of the molecule is CC1(C)OC[C@@](C)([C@H](O)[C@@]23NC(=O)[C@@](O)(NC2=O)/C(=C/C=N/O)CCO3)O1. The molecule has 0 radical (unpaired) electrons. The monoisotopic (exact) mass is 385 g/mol. The molecule has 4 aliphatic heterocycles. The van der Waals surface area contributed by atoms with E-state index in [9.17, 15) is 19.8 Å². The first-order valence-corrected chi connectivity index (χ1v) is 8.40. The van der Waals surface area contributed by atoms with Gasteiger partial charge in [0.15, 0.2) is 5.79 Å². The van der Waals surface area contributed by atoms with E-state index in [-0.39, 0.29) is 25.2 Å². The number of allylic oxidation sites excluding steroid dienone is 1. The molecule has 4 atom stereocenters. The van der Waals surface area contributed by atoms with Crippen LogP contribution in [0.2, 0.25) is 0 Å². The van der Waals surface area contributed by atoms with Crippen LogP contribution in [-0.4, -0.2) is 75.6 Å². The Bertz CT molecular complexity index is 722. The minimum Gasteiger partial charge on any atom is -0.411 e. The molecule has 2 amide bonds. The number of nitrogens with one attached hydrogen (secondary N) is 2. The Kier molecular flexibility index (Phi) is 4.56. The van der Waals surface area contributed by atoms with Crippen LogP contribution >= 0.6 is 0 Å². The minimum atomic E-state index is -2.36. The number of piperazine rings is 1. The number of carbonyl (C=O) groups is 2. The fourth-order valence-corrected chi connectivity index (χ4v) is 3.56. The molecular weight excluding hydrogens is 362 g/mol. The lowest BCUT2D eigenvalue weighted by Gasteiger charge is -2.50. The van der Waals surface area contributed by atoms with E-state index in [1.165, 1.54) is 13.0 Å². The van der Waals surface area contributed by atoms with Crippen molar-refractivity contribution >= 4 is 18.0 Å². The first-order chi connectivity index (χ1) is 12.5. The standard InChI is InChI=1S/C16H23N3O8/c1-13(2)26-8-14(3,27-13)10(20)16-12(22)18-15(23,11(21)19-16)9(4-6-17-24)5-7-25-16/h4,6,10,20,23-24H,5,7-8H2,1-3H3,(H,18,22)(H,19,21)/b9-4+,17-6+/t10-,14-,15+,16-/m0/s1. The molecule has 11 heteroatoms. The summed E-state index contributed by atoms with van der Waals surface area (Å²) in [6.07, 6.45) is 0.544. The largest absolute Gasteiger partial charge is 0.411 e. The number of aliphatic hydroxyl groups is 2. The highest BCUT2D eigenvalue weighted by Crippen LogP contribution is 2.40. The van der Waals surface area contributed by atoms with Crippen LogP contribution in [0.4, 0.5) is 0 Å². The Morgan fingerprint density at radius 1 is 1.19 bits per heavy atom. The maximum Gasteiger partial charge on any atom is 0.280 e. The van der Waals surface area contributed by atoms with E-state index in [4.69, 9.17) is 19.4 Å². The number of ether oxygens (including phenoxy) is 3. The smallest absolute Gasteiger partial charge is 0.280 e. The van der Waals surface area contributed by atoms with E-state index in [1.54, 1.807) is 13.8 Å². The third-order valence-electron chi connectivity index (χ3n) is 4.92. The summed E-state index contributed by atoms with van der Waals surface area (Å²) in [6.45, 7) is 4.68. The van der Waals surface area contributed by atoms with Crippen molar-refractivity contribution in [2.75, 3.05) is 13.2 Å². The molecule has 5 N–H and O–H groups in total. The highest BCUT2D eigenvalue weighted by molar-refractivity contribution is 6.03. The van der Waals surface area contributed by atoms with E-state index in [0.717, 1.165) is 6.21 Å². The molecule has 4 saturated heterocycles. The van der Waals surface area contributed by atoms with Crippen molar-refractivity contribution in [3.8, 4) is 0 Å². The summed E-state index contributed by atoms with van der Waals surface area (Å²) in [5.41, 5.74) is -5.83. The molecule has 4 heterocycles. The molecular formula is C16H23N3O8. The van der Waals surface area contributed by atoms with Gasteiger partial charge in [-0.2, -0.15) is 0 Å². The molecule has 27 heavy (non-hydrogen) atoms. The molecule has 0 aromatic rings. The third kappa shape index (κ3) is 3.01. The number of rotatable bonds is 3. The van der Waals surface area contributed by atoms with Crippen LogP contribution in [0, 0.1) is 0 Å². The Balaban J connectivity index is 1.97. The average Bonchev–Trinajstić information content (AvgIpc) is 2.87. The average molecular weight is 385 g/mol. The summed E-state index contributed by atoms with van der Waals surface area (Å²) in [7, 11) is 0. The van der Waals surface area contributed by atoms with Gasteiger partial charge in [0.2, 0.25) is 5.72 Å². The van der Waals surface area contributed by atoms with E-state index in [1.807, 2.05) is 0 Å². The van der Waals surface area contributed by atoms with E-state index >= 15 is 0 Å². The van der Waals surface area contributed by atoms with E-state index in [0.29, 0.717) is 0 Å². The number of nitrogens with zero attached hydrogens (tertiary/aromatic N) is 1. The molecule has 0 spiro atoms. The molecule has 150 valence electrons. The first kappa shape index (κ1) is 19.7. The van der Waals surface area contributed by atoms with Gasteiger partial charge in [0.25, 0.3) is 17.5 Å². The Labute approximate surface area is 155 Å². The number of hydrogen-bond acceptors (Lipinski definition) is 9. The van der Waals surface area contributed by atoms with Gasteiger partial charge in [-0.05, 0) is 38.8 Å². The van der Waals surface area contributed by atoms with Gasteiger partial charge in [0.05, 0.1) is 19.4 Å². The summed E-state index contributed by atoms with van der Waals surface area (Å²) in [6, 6.07) is 0. The lowest BCUT2D eigenvalue weighted by Crippen LogP contribution is -2.82. The molecule has 11 nitrogen and oxygen atoms in total. The van der Waals surface area contributed by atoms with Crippen molar-refractivity contribution in [1.29, 1.82) is 0 Å². The number of fused-ring (bicyclic) bond motifs is 5. The highest BCUT2D eigenvalue weighted by Gasteiger charge is 2.65. The molecule has 0 aromatic heterocycles. The van der Waals surface area contributed by atoms with Crippen LogP contribution < -0.4 is 10.6 Å². The highest BCUT2D eigenvalue weighted by atomic mass is 16.8. The summed E-state index contributed by atoms with van der Waals surface area (Å²) in [5, 5.41) is 37.5. The molecule has 4 rings (SSSR count). The fraction of sp³-hybridized carbons (Fsp3) is 0.688. The lowest BCUT2D eigenvalue weighted by molar-refractivity contribution is -0.240. The van der Waals surface area contributed by atoms with Crippen molar-refractivity contribution in [3.63, 3.8) is 0 Å². The molecule has 0 unspecified atom stereocenters.